The molecule has 0 saturated carbocycles. The van der Waals surface area contributed by atoms with Gasteiger partial charge in [-0.1, -0.05) is 48.0 Å². The Morgan fingerprint density at radius 3 is 2.27 bits per heavy atom. The highest BCUT2D eigenvalue weighted by Gasteiger charge is 2.15. The second kappa shape index (κ2) is 14.2. The molecule has 0 fully saturated rings. The van der Waals surface area contributed by atoms with Crippen LogP contribution < -0.4 is 20.7 Å². The molecule has 0 heterocycles. The fourth-order valence-electron chi connectivity index (χ4n) is 3.71. The fourth-order valence-corrected chi connectivity index (χ4v) is 4.58. The number of amides is 3. The topological polar surface area (TPSA) is 96.5 Å². The molecule has 3 amide bonds. The van der Waals surface area contributed by atoms with Crippen LogP contribution in [0.2, 0.25) is 5.02 Å². The van der Waals surface area contributed by atoms with E-state index in [0.717, 1.165) is 10.5 Å². The van der Waals surface area contributed by atoms with Crippen molar-refractivity contribution in [1.82, 2.24) is 5.32 Å². The summed E-state index contributed by atoms with van der Waals surface area (Å²) in [4.78, 5) is 39.4. The first kappa shape index (κ1) is 29.5. The van der Waals surface area contributed by atoms with Crippen molar-refractivity contribution in [3.63, 3.8) is 0 Å². The highest BCUT2D eigenvalue weighted by molar-refractivity contribution is 8.00. The predicted molar refractivity (Wildman–Crippen MR) is 165 cm³/mol. The van der Waals surface area contributed by atoms with Gasteiger partial charge in [0.1, 0.15) is 11.4 Å². The molecule has 4 rings (SSSR count). The number of hydrogen-bond donors (Lipinski definition) is 3. The predicted octanol–water partition coefficient (Wildman–Crippen LogP) is 6.80. The number of nitrogens with one attached hydrogen (secondary N) is 3. The largest absolute Gasteiger partial charge is 0.497 e. The molecule has 7 nitrogen and oxygen atoms in total. The van der Waals surface area contributed by atoms with Gasteiger partial charge in [0, 0.05) is 26.9 Å². The molecule has 0 atom stereocenters. The molecule has 0 saturated heterocycles. The van der Waals surface area contributed by atoms with Gasteiger partial charge in [-0.3, -0.25) is 14.4 Å². The van der Waals surface area contributed by atoms with E-state index in [9.17, 15) is 14.4 Å². The van der Waals surface area contributed by atoms with E-state index in [2.05, 4.69) is 16.0 Å². The summed E-state index contributed by atoms with van der Waals surface area (Å²) in [6.45, 7) is 1.90. The lowest BCUT2D eigenvalue weighted by Gasteiger charge is -2.12. The van der Waals surface area contributed by atoms with E-state index >= 15 is 0 Å². The lowest BCUT2D eigenvalue weighted by molar-refractivity contribution is -0.114. The van der Waals surface area contributed by atoms with Gasteiger partial charge in [0.15, 0.2) is 0 Å². The summed E-state index contributed by atoms with van der Waals surface area (Å²) in [5.41, 5.74) is 3.36. The minimum atomic E-state index is -0.484. The van der Waals surface area contributed by atoms with Crippen LogP contribution in [0.4, 0.5) is 11.4 Å². The Morgan fingerprint density at radius 1 is 0.878 bits per heavy atom. The lowest BCUT2D eigenvalue weighted by Crippen LogP contribution is -2.30. The number of aryl methyl sites for hydroxylation is 1. The average molecular weight is 586 g/mol. The molecule has 0 aromatic heterocycles. The molecular formula is C32H28ClN3O4S. The van der Waals surface area contributed by atoms with Crippen molar-refractivity contribution in [1.29, 1.82) is 0 Å². The number of ether oxygens (including phenoxy) is 1. The van der Waals surface area contributed by atoms with Crippen LogP contribution in [0.15, 0.2) is 108 Å². The third-order valence-electron chi connectivity index (χ3n) is 5.91. The molecular weight excluding hydrogens is 558 g/mol. The van der Waals surface area contributed by atoms with Crippen LogP contribution in [0, 0.1) is 6.92 Å². The van der Waals surface area contributed by atoms with Gasteiger partial charge in [0.2, 0.25) is 5.91 Å². The SMILES string of the molecule is COc1ccc(/C=C(\NC(=O)c2ccccc2)C(=O)Nc2ccc(SCC(=O)Nc3cc(Cl)ccc3C)cc2)cc1. The summed E-state index contributed by atoms with van der Waals surface area (Å²) in [6, 6.07) is 28.2. The molecule has 0 aliphatic carbocycles. The van der Waals surface area contributed by atoms with E-state index in [4.69, 9.17) is 16.3 Å². The van der Waals surface area contributed by atoms with Crippen LogP contribution in [0.25, 0.3) is 6.08 Å². The number of rotatable bonds is 10. The second-order valence-corrected chi connectivity index (χ2v) is 10.4. The zero-order valence-electron chi connectivity index (χ0n) is 22.4. The zero-order chi connectivity index (χ0) is 29.2. The maximum Gasteiger partial charge on any atom is 0.272 e. The van der Waals surface area contributed by atoms with Crippen molar-refractivity contribution in [2.45, 2.75) is 11.8 Å². The minimum absolute atomic E-state index is 0.0791. The second-order valence-electron chi connectivity index (χ2n) is 8.93. The minimum Gasteiger partial charge on any atom is -0.497 e. The third kappa shape index (κ3) is 8.73. The number of thioether (sulfide) groups is 1. The summed E-state index contributed by atoms with van der Waals surface area (Å²) in [6.07, 6.45) is 1.60. The highest BCUT2D eigenvalue weighted by Crippen LogP contribution is 2.23. The smallest absolute Gasteiger partial charge is 0.272 e. The third-order valence-corrected chi connectivity index (χ3v) is 7.16. The molecule has 0 aliphatic heterocycles. The Balaban J connectivity index is 1.41. The van der Waals surface area contributed by atoms with Gasteiger partial charge in [0.25, 0.3) is 11.8 Å². The van der Waals surface area contributed by atoms with E-state index in [1.54, 1.807) is 86.0 Å². The summed E-state index contributed by atoms with van der Waals surface area (Å²) in [5.74, 6) is -0.158. The average Bonchev–Trinajstić information content (AvgIpc) is 2.99. The molecule has 208 valence electrons. The number of hydrogen-bond acceptors (Lipinski definition) is 5. The van der Waals surface area contributed by atoms with Crippen molar-refractivity contribution in [2.24, 2.45) is 0 Å². The van der Waals surface area contributed by atoms with Gasteiger partial charge in [-0.2, -0.15) is 0 Å². The first-order chi connectivity index (χ1) is 19.8. The molecule has 4 aromatic carbocycles. The molecule has 0 unspecified atom stereocenters. The summed E-state index contributed by atoms with van der Waals surface area (Å²) in [5, 5.41) is 8.98. The van der Waals surface area contributed by atoms with Crippen molar-refractivity contribution < 1.29 is 19.1 Å². The van der Waals surface area contributed by atoms with Crippen LogP contribution in [0.1, 0.15) is 21.5 Å². The van der Waals surface area contributed by atoms with E-state index in [1.165, 1.54) is 11.8 Å². The van der Waals surface area contributed by atoms with E-state index in [-0.39, 0.29) is 17.4 Å². The standard InChI is InChI=1S/C32H28ClN3O4S/c1-21-8-11-24(33)19-28(21)35-30(37)20-41-27-16-12-25(13-17-27)34-32(39)29(18-22-9-14-26(40-2)15-10-22)36-31(38)23-6-4-3-5-7-23/h3-19H,20H2,1-2H3,(H,34,39)(H,35,37)(H,36,38)/b29-18-. The molecule has 4 aromatic rings. The number of halogens is 1. The summed E-state index contributed by atoms with van der Waals surface area (Å²) >= 11 is 7.40. The van der Waals surface area contributed by atoms with Crippen molar-refractivity contribution in [2.75, 3.05) is 23.5 Å². The van der Waals surface area contributed by atoms with Crippen LogP contribution in [-0.4, -0.2) is 30.6 Å². The normalized spacial score (nSPS) is 11.0. The molecule has 0 spiro atoms. The van der Waals surface area contributed by atoms with Gasteiger partial charge in [-0.05, 0) is 84.8 Å². The molecule has 41 heavy (non-hydrogen) atoms. The summed E-state index contributed by atoms with van der Waals surface area (Å²) < 4.78 is 5.20. The zero-order valence-corrected chi connectivity index (χ0v) is 24.0. The lowest BCUT2D eigenvalue weighted by atomic mass is 10.1. The van der Waals surface area contributed by atoms with E-state index in [1.807, 2.05) is 31.2 Å². The Kier molecular flexibility index (Phi) is 10.2. The van der Waals surface area contributed by atoms with Crippen molar-refractivity contribution >= 4 is 58.5 Å². The molecule has 9 heteroatoms. The Morgan fingerprint density at radius 2 is 1.59 bits per heavy atom. The fraction of sp³-hybridized carbons (Fsp3) is 0.0938. The molecule has 0 radical (unpaired) electrons. The molecule has 3 N–H and O–H groups in total. The molecule has 0 aliphatic rings. The Bertz CT molecular complexity index is 1560. The number of carbonyl (C=O) groups is 3. The summed E-state index contributed by atoms with van der Waals surface area (Å²) in [7, 11) is 1.57. The maximum absolute atomic E-state index is 13.2. The first-order valence-electron chi connectivity index (χ1n) is 12.6. The first-order valence-corrected chi connectivity index (χ1v) is 14.0. The van der Waals surface area contributed by atoms with E-state index in [0.29, 0.717) is 33.3 Å². The van der Waals surface area contributed by atoms with Crippen LogP contribution >= 0.6 is 23.4 Å². The number of benzene rings is 4. The monoisotopic (exact) mass is 585 g/mol. The number of anilines is 2. The van der Waals surface area contributed by atoms with Crippen molar-refractivity contribution in [3.8, 4) is 5.75 Å². The molecule has 0 bridgehead atoms. The van der Waals surface area contributed by atoms with Gasteiger partial charge < -0.3 is 20.7 Å². The number of carbonyl (C=O) groups excluding carboxylic acids is 3. The van der Waals surface area contributed by atoms with Gasteiger partial charge in [-0.15, -0.1) is 11.8 Å². The van der Waals surface area contributed by atoms with Crippen LogP contribution in [0.5, 0.6) is 5.75 Å². The Hall–Kier alpha value is -4.53. The van der Waals surface area contributed by atoms with Gasteiger partial charge in [0.05, 0.1) is 12.9 Å². The highest BCUT2D eigenvalue weighted by atomic mass is 35.5. The number of methoxy groups -OCH3 is 1. The van der Waals surface area contributed by atoms with Crippen molar-refractivity contribution in [3.05, 3.63) is 124 Å². The quantitative estimate of drug-likeness (QED) is 0.140. The van der Waals surface area contributed by atoms with Gasteiger partial charge in [-0.25, -0.2) is 0 Å². The maximum atomic E-state index is 13.2. The van der Waals surface area contributed by atoms with Crippen LogP contribution in [-0.2, 0) is 9.59 Å². The Labute approximate surface area is 248 Å². The van der Waals surface area contributed by atoms with E-state index < -0.39 is 11.8 Å². The van der Waals surface area contributed by atoms with Gasteiger partial charge >= 0.3 is 0 Å². The van der Waals surface area contributed by atoms with Crippen LogP contribution in [0.3, 0.4) is 0 Å².